The second-order valence-electron chi connectivity index (χ2n) is 7.00. The summed E-state index contributed by atoms with van der Waals surface area (Å²) < 4.78 is 6.67. The maximum atomic E-state index is 13.1. The van der Waals surface area contributed by atoms with Crippen LogP contribution in [0.1, 0.15) is 25.8 Å². The zero-order valence-corrected chi connectivity index (χ0v) is 19.4. The molecule has 2 aromatic heterocycles. The molecule has 0 saturated heterocycles. The van der Waals surface area contributed by atoms with Gasteiger partial charge in [-0.05, 0) is 32.0 Å². The highest BCUT2D eigenvalue weighted by Crippen LogP contribution is 2.20. The second-order valence-corrected chi connectivity index (χ2v) is 9.13. The smallest absolute Gasteiger partial charge is 0.270 e. The summed E-state index contributed by atoms with van der Waals surface area (Å²) in [6, 6.07) is 17.7. The molecule has 0 radical (unpaired) electrons. The van der Waals surface area contributed by atoms with E-state index in [4.69, 9.17) is 0 Å². The van der Waals surface area contributed by atoms with Crippen molar-refractivity contribution in [3.05, 3.63) is 79.2 Å². The summed E-state index contributed by atoms with van der Waals surface area (Å²) in [5, 5.41) is 1.10. The van der Waals surface area contributed by atoms with Gasteiger partial charge in [-0.15, -0.1) is 11.3 Å². The average molecular weight is 451 g/mol. The summed E-state index contributed by atoms with van der Waals surface area (Å²) in [4.78, 5) is 26.9. The summed E-state index contributed by atoms with van der Waals surface area (Å²) in [6.07, 6.45) is 3.74. The topological polar surface area (TPSA) is 46.2 Å². The molecule has 0 aliphatic carbocycles. The molecular formula is C24H24N3O2S2+. The van der Waals surface area contributed by atoms with Gasteiger partial charge in [0.1, 0.15) is 20.4 Å². The van der Waals surface area contributed by atoms with Crippen LogP contribution >= 0.6 is 22.7 Å². The van der Waals surface area contributed by atoms with Gasteiger partial charge in [-0.2, -0.15) is 4.57 Å². The summed E-state index contributed by atoms with van der Waals surface area (Å²) in [7, 11) is 0. The third kappa shape index (κ3) is 4.11. The van der Waals surface area contributed by atoms with E-state index in [1.807, 2.05) is 49.4 Å². The molecule has 0 fully saturated rings. The number of aromatic nitrogens is 2. The van der Waals surface area contributed by atoms with Gasteiger partial charge in [0.15, 0.2) is 0 Å². The first-order valence-electron chi connectivity index (χ1n) is 10.2. The lowest BCUT2D eigenvalue weighted by Crippen LogP contribution is -2.35. The minimum Gasteiger partial charge on any atom is -0.299 e. The molecular weight excluding hydrogens is 426 g/mol. The number of nitrogens with zero attached hydrogens (tertiary/aromatic N) is 3. The maximum absolute atomic E-state index is 13.1. The van der Waals surface area contributed by atoms with E-state index in [0.29, 0.717) is 11.1 Å². The molecule has 7 heteroatoms. The van der Waals surface area contributed by atoms with Crippen molar-refractivity contribution in [2.24, 2.45) is 0 Å². The van der Waals surface area contributed by atoms with Crippen molar-refractivity contribution >= 4 is 56.8 Å². The number of amides is 1. The van der Waals surface area contributed by atoms with Gasteiger partial charge < -0.3 is 0 Å². The Balaban J connectivity index is 1.91. The molecule has 0 bridgehead atoms. The Morgan fingerprint density at radius 1 is 1.06 bits per heavy atom. The first kappa shape index (κ1) is 21.2. The lowest BCUT2D eigenvalue weighted by molar-refractivity contribution is -0.665. The van der Waals surface area contributed by atoms with Gasteiger partial charge in [0.05, 0.1) is 6.08 Å². The first-order chi connectivity index (χ1) is 15.0. The quantitative estimate of drug-likeness (QED) is 0.439. The summed E-state index contributed by atoms with van der Waals surface area (Å²) in [5.74, 6) is -0.138. The number of carbonyl (C=O) groups excluding carboxylic acids is 1. The monoisotopic (exact) mass is 450 g/mol. The molecule has 2 heterocycles. The number of carbonyl (C=O) groups is 1. The predicted molar refractivity (Wildman–Crippen MR) is 129 cm³/mol. The highest BCUT2D eigenvalue weighted by atomic mass is 32.1. The molecule has 4 rings (SSSR count). The van der Waals surface area contributed by atoms with Gasteiger partial charge in [0.25, 0.3) is 10.6 Å². The number of benzene rings is 2. The minimum absolute atomic E-state index is 0.0786. The van der Waals surface area contributed by atoms with Gasteiger partial charge in [0.2, 0.25) is 11.4 Å². The predicted octanol–water partition coefficient (Wildman–Crippen LogP) is 3.07. The molecule has 5 nitrogen and oxygen atoms in total. The molecule has 31 heavy (non-hydrogen) atoms. The van der Waals surface area contributed by atoms with E-state index in [1.165, 1.54) is 33.4 Å². The molecule has 0 aliphatic rings. The Hall–Kier alpha value is -3.03. The molecule has 2 aromatic carbocycles. The van der Waals surface area contributed by atoms with E-state index in [0.717, 1.165) is 21.9 Å². The van der Waals surface area contributed by atoms with Crippen molar-refractivity contribution in [2.75, 3.05) is 4.90 Å². The van der Waals surface area contributed by atoms with Gasteiger partial charge in [0, 0.05) is 31.4 Å². The van der Waals surface area contributed by atoms with E-state index in [2.05, 4.69) is 29.7 Å². The highest BCUT2D eigenvalue weighted by Gasteiger charge is 2.17. The molecule has 0 unspecified atom stereocenters. The fourth-order valence-electron chi connectivity index (χ4n) is 3.58. The molecule has 158 valence electrons. The van der Waals surface area contributed by atoms with E-state index in [9.17, 15) is 9.59 Å². The third-order valence-corrected chi connectivity index (χ3v) is 7.23. The van der Waals surface area contributed by atoms with Crippen LogP contribution < -0.4 is 24.2 Å². The average Bonchev–Trinajstić information content (AvgIpc) is 3.28. The number of hydrogen-bond acceptors (Lipinski definition) is 4. The number of rotatable bonds is 5. The number of hydrogen-bond donors (Lipinski definition) is 0. The minimum atomic E-state index is -0.138. The first-order valence-corrected chi connectivity index (χ1v) is 11.9. The van der Waals surface area contributed by atoms with Crippen LogP contribution in [0.2, 0.25) is 0 Å². The van der Waals surface area contributed by atoms with Gasteiger partial charge in [-0.25, -0.2) is 0 Å². The number of para-hydroxylation sites is 2. The largest absolute Gasteiger partial charge is 0.299 e. The summed E-state index contributed by atoms with van der Waals surface area (Å²) in [5.41, 5.74) is 1.86. The second kappa shape index (κ2) is 8.99. The number of thiazole rings is 2. The standard InChI is InChI=1S/C24H24N3O2S2/c1-4-25-19-13-9-10-14-20(19)30-22(25)15-23-26(5-2)24(29)21(31-23)16-27(17(3)28)18-11-7-6-8-12-18/h6-16H,4-5H2,1-3H3/q+1. The van der Waals surface area contributed by atoms with Crippen LogP contribution in [0.3, 0.4) is 0 Å². The number of anilines is 1. The normalized spacial score (nSPS) is 12.6. The Morgan fingerprint density at radius 2 is 1.77 bits per heavy atom. The van der Waals surface area contributed by atoms with Crippen LogP contribution in [0.5, 0.6) is 0 Å². The molecule has 0 aliphatic heterocycles. The SMILES string of the molecule is CCn1c(=O)c(=CN(C(C)=O)c2ccccc2)s/c1=C/c1sc2ccccc2[n+]1CC. The fourth-order valence-corrected chi connectivity index (χ4v) is 5.89. The van der Waals surface area contributed by atoms with Gasteiger partial charge in [-0.1, -0.05) is 41.7 Å². The molecule has 0 saturated carbocycles. The van der Waals surface area contributed by atoms with Crippen molar-refractivity contribution in [2.45, 2.75) is 33.9 Å². The Morgan fingerprint density at radius 3 is 2.45 bits per heavy atom. The van der Waals surface area contributed by atoms with Gasteiger partial charge >= 0.3 is 0 Å². The van der Waals surface area contributed by atoms with Crippen molar-refractivity contribution in [3.8, 4) is 0 Å². The van der Waals surface area contributed by atoms with Gasteiger partial charge in [-0.3, -0.25) is 19.1 Å². The van der Waals surface area contributed by atoms with Crippen molar-refractivity contribution in [1.82, 2.24) is 4.57 Å². The van der Waals surface area contributed by atoms with Crippen molar-refractivity contribution in [1.29, 1.82) is 0 Å². The van der Waals surface area contributed by atoms with Crippen LogP contribution in [-0.4, -0.2) is 10.5 Å². The van der Waals surface area contributed by atoms with Crippen molar-refractivity contribution in [3.63, 3.8) is 0 Å². The van der Waals surface area contributed by atoms with Crippen LogP contribution in [-0.2, 0) is 17.9 Å². The zero-order chi connectivity index (χ0) is 22.0. The van der Waals surface area contributed by atoms with Crippen LogP contribution in [0.25, 0.3) is 22.5 Å². The molecule has 0 atom stereocenters. The number of fused-ring (bicyclic) bond motifs is 1. The van der Waals surface area contributed by atoms with Crippen LogP contribution in [0.4, 0.5) is 5.69 Å². The molecule has 1 amide bonds. The Bertz CT molecular complexity index is 1410. The molecule has 0 N–H and O–H groups in total. The van der Waals surface area contributed by atoms with E-state index >= 15 is 0 Å². The molecule has 0 spiro atoms. The van der Waals surface area contributed by atoms with E-state index in [-0.39, 0.29) is 11.5 Å². The zero-order valence-electron chi connectivity index (χ0n) is 17.7. The van der Waals surface area contributed by atoms with E-state index in [1.54, 1.807) is 22.1 Å². The van der Waals surface area contributed by atoms with Crippen LogP contribution in [0.15, 0.2) is 59.4 Å². The van der Waals surface area contributed by atoms with Crippen LogP contribution in [0, 0.1) is 0 Å². The number of aryl methyl sites for hydroxylation is 1. The Labute approximate surface area is 188 Å². The van der Waals surface area contributed by atoms with E-state index < -0.39 is 0 Å². The lowest BCUT2D eigenvalue weighted by Gasteiger charge is -2.15. The summed E-state index contributed by atoms with van der Waals surface area (Å²) >= 11 is 3.13. The van der Waals surface area contributed by atoms with Crippen molar-refractivity contribution < 1.29 is 9.36 Å². The highest BCUT2D eigenvalue weighted by molar-refractivity contribution is 7.19. The maximum Gasteiger partial charge on any atom is 0.270 e. The fraction of sp³-hybridized carbons (Fsp3) is 0.208. The summed E-state index contributed by atoms with van der Waals surface area (Å²) in [6.45, 7) is 7.01. The molecule has 4 aromatic rings. The third-order valence-electron chi connectivity index (χ3n) is 5.07. The Kier molecular flexibility index (Phi) is 6.15. The lowest BCUT2D eigenvalue weighted by atomic mass is 10.3.